The predicted octanol–water partition coefficient (Wildman–Crippen LogP) is 2.70. The van der Waals surface area contributed by atoms with Crippen molar-refractivity contribution in [2.75, 3.05) is 12.0 Å². The van der Waals surface area contributed by atoms with E-state index in [2.05, 4.69) is 0 Å². The molecule has 25 heavy (non-hydrogen) atoms. The van der Waals surface area contributed by atoms with Crippen LogP contribution in [0.15, 0.2) is 30.3 Å². The number of benzene rings is 2. The molecule has 1 atom stereocenters. The lowest BCUT2D eigenvalue weighted by atomic mass is 9.95. The molecule has 134 valence electrons. The van der Waals surface area contributed by atoms with Crippen molar-refractivity contribution in [3.8, 4) is 11.1 Å². The molecule has 0 bridgehead atoms. The molecule has 2 aromatic rings. The number of nitrogens with one attached hydrogen (secondary N) is 1. The van der Waals surface area contributed by atoms with E-state index in [1.54, 1.807) is 13.0 Å². The van der Waals surface area contributed by atoms with Crippen molar-refractivity contribution in [1.82, 2.24) is 4.72 Å². The van der Waals surface area contributed by atoms with Gasteiger partial charge in [-0.15, -0.1) is 0 Å². The minimum atomic E-state index is -3.70. The van der Waals surface area contributed by atoms with Crippen molar-refractivity contribution in [3.05, 3.63) is 53.1 Å². The summed E-state index contributed by atoms with van der Waals surface area (Å²) in [6.07, 6.45) is 0.860. The first-order valence-corrected chi connectivity index (χ1v) is 9.26. The summed E-state index contributed by atoms with van der Waals surface area (Å²) < 4.78 is 52.3. The Kier molecular flexibility index (Phi) is 5.12. The molecule has 0 aliphatic carbocycles. The second kappa shape index (κ2) is 6.79. The third-order valence-corrected chi connectivity index (χ3v) is 4.39. The molecule has 0 saturated heterocycles. The summed E-state index contributed by atoms with van der Waals surface area (Å²) in [4.78, 5) is 11.9. The van der Waals surface area contributed by atoms with E-state index in [9.17, 15) is 22.0 Å². The van der Waals surface area contributed by atoms with Crippen LogP contribution in [0.2, 0.25) is 0 Å². The highest BCUT2D eigenvalue weighted by molar-refractivity contribution is 7.89. The van der Waals surface area contributed by atoms with E-state index in [0.717, 1.165) is 18.4 Å². The first kappa shape index (κ1) is 18.9. The number of rotatable bonds is 4. The van der Waals surface area contributed by atoms with Crippen molar-refractivity contribution in [3.63, 3.8) is 0 Å². The van der Waals surface area contributed by atoms with Crippen LogP contribution in [0.3, 0.4) is 0 Å². The van der Waals surface area contributed by atoms with E-state index in [1.807, 2.05) is 4.72 Å². The minimum Gasteiger partial charge on any atom is -0.396 e. The van der Waals surface area contributed by atoms with Crippen molar-refractivity contribution >= 4 is 21.6 Å². The predicted molar refractivity (Wildman–Crippen MR) is 92.3 cm³/mol. The van der Waals surface area contributed by atoms with Crippen LogP contribution in [0.5, 0.6) is 0 Å². The lowest BCUT2D eigenvalue weighted by Crippen LogP contribution is -2.32. The van der Waals surface area contributed by atoms with E-state index in [-0.39, 0.29) is 11.3 Å². The standard InChI is InChI=1S/C17H18F2N2O3S/c1-9-6-12(8-15(19)16(9)20)13-5-4-11(7-14(13)18)10(2)17(22)21-25(3,23)24/h4-8,10H,20H2,1-3H3,(H,21,22). The highest BCUT2D eigenvalue weighted by atomic mass is 32.2. The van der Waals surface area contributed by atoms with E-state index >= 15 is 0 Å². The number of carbonyl (C=O) groups is 1. The van der Waals surface area contributed by atoms with Gasteiger partial charge in [-0.05, 0) is 48.7 Å². The zero-order valence-corrected chi connectivity index (χ0v) is 14.7. The molecular formula is C17H18F2N2O3S. The molecular weight excluding hydrogens is 350 g/mol. The van der Waals surface area contributed by atoms with E-state index in [1.165, 1.54) is 19.1 Å². The van der Waals surface area contributed by atoms with Gasteiger partial charge in [0, 0.05) is 5.56 Å². The molecule has 0 saturated carbocycles. The number of anilines is 1. The zero-order valence-electron chi connectivity index (χ0n) is 13.9. The van der Waals surface area contributed by atoms with Crippen LogP contribution in [0.1, 0.15) is 24.0 Å². The lowest BCUT2D eigenvalue weighted by molar-refractivity contribution is -0.120. The van der Waals surface area contributed by atoms with Gasteiger partial charge >= 0.3 is 0 Å². The molecule has 0 aromatic heterocycles. The molecule has 0 aliphatic rings. The number of nitrogen functional groups attached to an aromatic ring is 1. The molecule has 1 unspecified atom stereocenters. The fraction of sp³-hybridized carbons (Fsp3) is 0.235. The van der Waals surface area contributed by atoms with Crippen LogP contribution in [-0.4, -0.2) is 20.6 Å². The van der Waals surface area contributed by atoms with Crippen molar-refractivity contribution < 1.29 is 22.0 Å². The summed E-state index contributed by atoms with van der Waals surface area (Å²) in [7, 11) is -3.70. The van der Waals surface area contributed by atoms with Crippen molar-refractivity contribution in [2.24, 2.45) is 0 Å². The number of halogens is 2. The summed E-state index contributed by atoms with van der Waals surface area (Å²) in [5.74, 6) is -2.92. The summed E-state index contributed by atoms with van der Waals surface area (Å²) >= 11 is 0. The summed E-state index contributed by atoms with van der Waals surface area (Å²) in [6, 6.07) is 6.75. The van der Waals surface area contributed by atoms with Crippen LogP contribution < -0.4 is 10.5 Å². The second-order valence-electron chi connectivity index (χ2n) is 5.89. The molecule has 8 heteroatoms. The molecule has 0 aliphatic heterocycles. The van der Waals surface area contributed by atoms with Gasteiger partial charge in [0.2, 0.25) is 15.9 Å². The highest BCUT2D eigenvalue weighted by Gasteiger charge is 2.20. The molecule has 0 heterocycles. The quantitative estimate of drug-likeness (QED) is 0.812. The van der Waals surface area contributed by atoms with E-state index in [4.69, 9.17) is 5.73 Å². The van der Waals surface area contributed by atoms with E-state index in [0.29, 0.717) is 16.7 Å². The molecule has 3 N–H and O–H groups in total. The maximum absolute atomic E-state index is 14.5. The zero-order chi connectivity index (χ0) is 18.9. The third kappa shape index (κ3) is 4.33. The Hall–Kier alpha value is -2.48. The Morgan fingerprint density at radius 1 is 1.16 bits per heavy atom. The van der Waals surface area contributed by atoms with Crippen LogP contribution in [0, 0.1) is 18.6 Å². The van der Waals surface area contributed by atoms with Gasteiger partial charge in [0.25, 0.3) is 0 Å². The third-order valence-electron chi connectivity index (χ3n) is 3.82. The first-order chi connectivity index (χ1) is 11.5. The molecule has 2 rings (SSSR count). The van der Waals surface area contributed by atoms with Crippen LogP contribution in [-0.2, 0) is 14.8 Å². The number of nitrogens with two attached hydrogens (primary N) is 1. The summed E-state index contributed by atoms with van der Waals surface area (Å²) in [5, 5.41) is 0. The van der Waals surface area contributed by atoms with Crippen LogP contribution >= 0.6 is 0 Å². The Bertz CT molecular complexity index is 920. The topological polar surface area (TPSA) is 89.3 Å². The fourth-order valence-corrected chi connectivity index (χ4v) is 2.91. The number of aryl methyl sites for hydroxylation is 1. The highest BCUT2D eigenvalue weighted by Crippen LogP contribution is 2.30. The fourth-order valence-electron chi connectivity index (χ4n) is 2.37. The van der Waals surface area contributed by atoms with Gasteiger partial charge < -0.3 is 5.73 Å². The monoisotopic (exact) mass is 368 g/mol. The number of amides is 1. The van der Waals surface area contributed by atoms with Gasteiger partial charge in [0.1, 0.15) is 11.6 Å². The number of hydrogen-bond donors (Lipinski definition) is 2. The molecule has 0 spiro atoms. The van der Waals surface area contributed by atoms with E-state index < -0.39 is 33.5 Å². The Morgan fingerprint density at radius 2 is 1.80 bits per heavy atom. The maximum Gasteiger partial charge on any atom is 0.240 e. The SMILES string of the molecule is Cc1cc(-c2ccc(C(C)C(=O)NS(C)(=O)=O)cc2F)cc(F)c1N. The first-order valence-electron chi connectivity index (χ1n) is 7.36. The van der Waals surface area contributed by atoms with Gasteiger partial charge in [-0.3, -0.25) is 9.52 Å². The van der Waals surface area contributed by atoms with Gasteiger partial charge in [0.05, 0.1) is 17.9 Å². The average molecular weight is 368 g/mol. The normalized spacial score (nSPS) is 12.7. The minimum absolute atomic E-state index is 0.00634. The number of carbonyl (C=O) groups excluding carboxylic acids is 1. The second-order valence-corrected chi connectivity index (χ2v) is 7.64. The van der Waals surface area contributed by atoms with Crippen molar-refractivity contribution in [1.29, 1.82) is 0 Å². The lowest BCUT2D eigenvalue weighted by Gasteiger charge is -2.13. The molecule has 0 radical (unpaired) electrons. The Balaban J connectivity index is 2.37. The van der Waals surface area contributed by atoms with Gasteiger partial charge in [0.15, 0.2) is 0 Å². The molecule has 1 amide bonds. The van der Waals surface area contributed by atoms with Crippen LogP contribution in [0.25, 0.3) is 11.1 Å². The Labute approximate surface area is 144 Å². The smallest absolute Gasteiger partial charge is 0.240 e. The maximum atomic E-state index is 14.5. The van der Waals surface area contributed by atoms with Gasteiger partial charge in [-0.1, -0.05) is 12.1 Å². The van der Waals surface area contributed by atoms with Gasteiger partial charge in [-0.2, -0.15) is 0 Å². The van der Waals surface area contributed by atoms with Crippen LogP contribution in [0.4, 0.5) is 14.5 Å². The Morgan fingerprint density at radius 3 is 2.32 bits per heavy atom. The largest absolute Gasteiger partial charge is 0.396 e. The molecule has 5 nitrogen and oxygen atoms in total. The number of hydrogen-bond acceptors (Lipinski definition) is 4. The average Bonchev–Trinajstić information content (AvgIpc) is 2.49. The molecule has 2 aromatic carbocycles. The number of sulfonamides is 1. The van der Waals surface area contributed by atoms with Gasteiger partial charge in [-0.25, -0.2) is 17.2 Å². The summed E-state index contributed by atoms with van der Waals surface area (Å²) in [5.41, 5.74) is 6.82. The molecule has 0 fully saturated rings. The van der Waals surface area contributed by atoms with Crippen molar-refractivity contribution in [2.45, 2.75) is 19.8 Å². The summed E-state index contributed by atoms with van der Waals surface area (Å²) in [6.45, 7) is 3.08.